The molecule has 21 heavy (non-hydrogen) atoms. The van der Waals surface area contributed by atoms with E-state index in [-0.39, 0.29) is 11.7 Å². The molecule has 0 aliphatic heterocycles. The number of hydrogen-bond donors (Lipinski definition) is 1. The molecule has 0 spiro atoms. The Kier molecular flexibility index (Phi) is 4.17. The van der Waals surface area contributed by atoms with Crippen LogP contribution in [0.5, 0.6) is 0 Å². The van der Waals surface area contributed by atoms with Crippen LogP contribution >= 0.6 is 0 Å². The van der Waals surface area contributed by atoms with Crippen molar-refractivity contribution in [1.29, 1.82) is 0 Å². The Bertz CT molecular complexity index is 764. The molecule has 2 aromatic rings. The van der Waals surface area contributed by atoms with Gasteiger partial charge >= 0.3 is 0 Å². The van der Waals surface area contributed by atoms with Crippen LogP contribution < -0.4 is 4.72 Å². The van der Waals surface area contributed by atoms with Gasteiger partial charge in [-0.15, -0.1) is 0 Å². The van der Waals surface area contributed by atoms with E-state index in [9.17, 15) is 17.2 Å². The van der Waals surface area contributed by atoms with Crippen molar-refractivity contribution in [2.45, 2.75) is 24.7 Å². The largest absolute Gasteiger partial charge is 0.266 e. The van der Waals surface area contributed by atoms with Crippen molar-refractivity contribution in [3.05, 3.63) is 47.9 Å². The monoisotopic (exact) mass is 313 g/mol. The van der Waals surface area contributed by atoms with Crippen LogP contribution in [0.3, 0.4) is 0 Å². The normalized spacial score (nSPS) is 11.7. The van der Waals surface area contributed by atoms with Gasteiger partial charge in [-0.1, -0.05) is 13.8 Å². The maximum Gasteiger partial charge on any atom is 0.266 e. The molecule has 112 valence electrons. The number of halogens is 2. The summed E-state index contributed by atoms with van der Waals surface area (Å²) in [5.74, 6) is -1.45. The molecule has 0 atom stereocenters. The van der Waals surface area contributed by atoms with E-state index in [0.29, 0.717) is 11.9 Å². The van der Waals surface area contributed by atoms with Crippen molar-refractivity contribution in [3.63, 3.8) is 0 Å². The molecule has 2 rings (SSSR count). The van der Waals surface area contributed by atoms with Crippen molar-refractivity contribution in [3.8, 4) is 0 Å². The number of rotatable bonds is 4. The van der Waals surface area contributed by atoms with Gasteiger partial charge in [0.05, 0.1) is 0 Å². The maximum absolute atomic E-state index is 13.6. The van der Waals surface area contributed by atoms with Gasteiger partial charge in [-0.2, -0.15) is 0 Å². The van der Waals surface area contributed by atoms with Gasteiger partial charge < -0.3 is 0 Å². The summed E-state index contributed by atoms with van der Waals surface area (Å²) in [4.78, 5) is 7.24. The summed E-state index contributed by atoms with van der Waals surface area (Å²) in [7, 11) is -4.26. The summed E-state index contributed by atoms with van der Waals surface area (Å²) in [5, 5.41) is 0. The summed E-state index contributed by atoms with van der Waals surface area (Å²) >= 11 is 0. The summed E-state index contributed by atoms with van der Waals surface area (Å²) in [6.07, 6.45) is 1.39. The van der Waals surface area contributed by atoms with E-state index in [1.165, 1.54) is 12.3 Å². The molecular weight excluding hydrogens is 300 g/mol. The lowest BCUT2D eigenvalue weighted by atomic mass is 10.2. The molecule has 0 radical (unpaired) electrons. The molecule has 0 saturated heterocycles. The summed E-state index contributed by atoms with van der Waals surface area (Å²) in [5.41, 5.74) is 0. The van der Waals surface area contributed by atoms with Gasteiger partial charge in [0.1, 0.15) is 28.2 Å². The highest BCUT2D eigenvalue weighted by molar-refractivity contribution is 7.92. The number of sulfonamides is 1. The number of nitrogens with one attached hydrogen (secondary N) is 1. The third-order valence-electron chi connectivity index (χ3n) is 2.61. The number of hydrogen-bond acceptors (Lipinski definition) is 4. The third-order valence-corrected chi connectivity index (χ3v) is 3.98. The van der Waals surface area contributed by atoms with Crippen LogP contribution in [0.2, 0.25) is 0 Å². The van der Waals surface area contributed by atoms with Crippen molar-refractivity contribution in [1.82, 2.24) is 9.97 Å². The zero-order valence-electron chi connectivity index (χ0n) is 11.3. The second-order valence-corrected chi connectivity index (χ2v) is 6.29. The first-order valence-corrected chi connectivity index (χ1v) is 7.59. The second kappa shape index (κ2) is 5.72. The molecule has 0 unspecified atom stereocenters. The summed E-state index contributed by atoms with van der Waals surface area (Å²) in [6, 6.07) is 3.54. The van der Waals surface area contributed by atoms with Gasteiger partial charge in [0.25, 0.3) is 10.0 Å². The van der Waals surface area contributed by atoms with E-state index in [1.54, 1.807) is 0 Å². The summed E-state index contributed by atoms with van der Waals surface area (Å²) < 4.78 is 52.9. The molecule has 0 saturated carbocycles. The fourth-order valence-electron chi connectivity index (χ4n) is 1.58. The van der Waals surface area contributed by atoms with Crippen LogP contribution in [0.1, 0.15) is 25.6 Å². The van der Waals surface area contributed by atoms with Crippen LogP contribution in [0.15, 0.2) is 35.4 Å². The van der Waals surface area contributed by atoms with Gasteiger partial charge in [0.15, 0.2) is 0 Å². The van der Waals surface area contributed by atoms with E-state index in [2.05, 4.69) is 14.7 Å². The van der Waals surface area contributed by atoms with Crippen molar-refractivity contribution >= 4 is 15.8 Å². The molecule has 1 aromatic carbocycles. The molecule has 8 heteroatoms. The zero-order valence-corrected chi connectivity index (χ0v) is 12.2. The highest BCUT2D eigenvalue weighted by atomic mass is 32.2. The van der Waals surface area contributed by atoms with Gasteiger partial charge in [0, 0.05) is 12.1 Å². The Hall–Kier alpha value is -2.09. The van der Waals surface area contributed by atoms with Gasteiger partial charge in [-0.3, -0.25) is 4.72 Å². The minimum atomic E-state index is -4.26. The SMILES string of the molecule is CC(C)c1nccc(NS(=O)(=O)c2cc(F)ccc2F)n1. The minimum Gasteiger partial charge on any atom is -0.263 e. The van der Waals surface area contributed by atoms with Gasteiger partial charge in [-0.05, 0) is 24.3 Å². The van der Waals surface area contributed by atoms with Gasteiger partial charge in [-0.25, -0.2) is 27.2 Å². The molecule has 1 heterocycles. The molecule has 0 aliphatic rings. The quantitative estimate of drug-likeness (QED) is 0.942. The van der Waals surface area contributed by atoms with E-state index >= 15 is 0 Å². The molecular formula is C13H13F2N3O2S. The molecule has 0 aliphatic carbocycles. The van der Waals surface area contributed by atoms with E-state index in [4.69, 9.17) is 0 Å². The highest BCUT2D eigenvalue weighted by Gasteiger charge is 2.21. The molecule has 5 nitrogen and oxygen atoms in total. The van der Waals surface area contributed by atoms with E-state index in [0.717, 1.165) is 12.1 Å². The minimum absolute atomic E-state index is 0.000333. The Morgan fingerprint density at radius 1 is 1.19 bits per heavy atom. The number of aromatic nitrogens is 2. The number of anilines is 1. The van der Waals surface area contributed by atoms with E-state index in [1.807, 2.05) is 13.8 Å². The highest BCUT2D eigenvalue weighted by Crippen LogP contribution is 2.19. The number of nitrogens with zero attached hydrogens (tertiary/aromatic N) is 2. The topological polar surface area (TPSA) is 72.0 Å². The Balaban J connectivity index is 2.37. The lowest BCUT2D eigenvalue weighted by Crippen LogP contribution is -2.16. The maximum atomic E-state index is 13.6. The molecule has 0 fully saturated rings. The van der Waals surface area contributed by atoms with Crippen LogP contribution in [-0.2, 0) is 10.0 Å². The third kappa shape index (κ3) is 3.52. The molecule has 1 aromatic heterocycles. The van der Waals surface area contributed by atoms with Crippen molar-refractivity contribution in [2.24, 2.45) is 0 Å². The second-order valence-electron chi connectivity index (χ2n) is 4.64. The Labute approximate surface area is 121 Å². The lowest BCUT2D eigenvalue weighted by molar-refractivity contribution is 0.555. The Morgan fingerprint density at radius 2 is 1.90 bits per heavy atom. The predicted octanol–water partition coefficient (Wildman–Crippen LogP) is 2.68. The molecule has 0 amide bonds. The van der Waals surface area contributed by atoms with Gasteiger partial charge in [0.2, 0.25) is 0 Å². The summed E-state index contributed by atoms with van der Waals surface area (Å²) in [6.45, 7) is 3.69. The first-order chi connectivity index (χ1) is 9.79. The number of benzene rings is 1. The van der Waals surface area contributed by atoms with Crippen molar-refractivity contribution < 1.29 is 17.2 Å². The standard InChI is InChI=1S/C13H13F2N3O2S/c1-8(2)13-16-6-5-12(17-13)18-21(19,20)11-7-9(14)3-4-10(11)15/h3-8H,1-2H3,(H,16,17,18). The lowest BCUT2D eigenvalue weighted by Gasteiger charge is -2.10. The van der Waals surface area contributed by atoms with Crippen LogP contribution in [0.4, 0.5) is 14.6 Å². The fourth-order valence-corrected chi connectivity index (χ4v) is 2.68. The fraction of sp³-hybridized carbons (Fsp3) is 0.231. The first kappa shape index (κ1) is 15.3. The average molecular weight is 313 g/mol. The van der Waals surface area contributed by atoms with Crippen LogP contribution in [-0.4, -0.2) is 18.4 Å². The smallest absolute Gasteiger partial charge is 0.263 e. The Morgan fingerprint density at radius 3 is 2.57 bits per heavy atom. The molecule has 0 bridgehead atoms. The average Bonchev–Trinajstić information content (AvgIpc) is 2.41. The van der Waals surface area contributed by atoms with Crippen LogP contribution in [0.25, 0.3) is 0 Å². The van der Waals surface area contributed by atoms with Crippen molar-refractivity contribution in [2.75, 3.05) is 4.72 Å². The predicted molar refractivity (Wildman–Crippen MR) is 73.3 cm³/mol. The molecule has 1 N–H and O–H groups in total. The van der Waals surface area contributed by atoms with Crippen LogP contribution in [0, 0.1) is 11.6 Å². The first-order valence-electron chi connectivity index (χ1n) is 6.10. The zero-order chi connectivity index (χ0) is 15.6. The van der Waals surface area contributed by atoms with E-state index < -0.39 is 26.6 Å².